The van der Waals surface area contributed by atoms with Gasteiger partial charge in [-0.3, -0.25) is 4.79 Å². The molecular weight excluding hydrogens is 597 g/mol. The molecule has 3 aromatic carbocycles. The minimum atomic E-state index is -0.168. The third-order valence-corrected chi connectivity index (χ3v) is 10.9. The zero-order valence-corrected chi connectivity index (χ0v) is 32.4. The average molecular weight is 667 g/mol. The van der Waals surface area contributed by atoms with Crippen molar-refractivity contribution in [2.24, 2.45) is 0 Å². The molecule has 0 aliphatic carbocycles. The maximum Gasteiger partial charge on any atom is 0.311 e. The molecule has 0 heterocycles. The molecule has 270 valence electrons. The van der Waals surface area contributed by atoms with E-state index in [2.05, 4.69) is 102 Å². The largest absolute Gasteiger partial charge is 0.427 e. The number of carbonyl (C=O) groups is 1. The van der Waals surface area contributed by atoms with Crippen LogP contribution in [0.2, 0.25) is 0 Å². The van der Waals surface area contributed by atoms with Gasteiger partial charge in [-0.2, -0.15) is 0 Å². The molecule has 0 N–H and O–H groups in total. The van der Waals surface area contributed by atoms with E-state index in [0.717, 1.165) is 12.8 Å². The van der Waals surface area contributed by atoms with Crippen LogP contribution in [0.4, 0.5) is 0 Å². The highest BCUT2D eigenvalue weighted by Gasteiger charge is 2.26. The fourth-order valence-corrected chi connectivity index (χ4v) is 7.07. The van der Waals surface area contributed by atoms with Gasteiger partial charge in [-0.25, -0.2) is 0 Å². The summed E-state index contributed by atoms with van der Waals surface area (Å²) >= 11 is 0. The number of hydrogen-bond acceptors (Lipinski definition) is 2. The van der Waals surface area contributed by atoms with E-state index in [0.29, 0.717) is 12.2 Å². The fourth-order valence-electron chi connectivity index (χ4n) is 7.07. The second kappa shape index (κ2) is 22.1. The van der Waals surface area contributed by atoms with Crippen molar-refractivity contribution in [1.82, 2.24) is 0 Å². The summed E-state index contributed by atoms with van der Waals surface area (Å²) in [6, 6.07) is 26.6. The molecule has 3 aromatic rings. The number of ether oxygens (including phenoxy) is 1. The summed E-state index contributed by atoms with van der Waals surface area (Å²) in [5, 5.41) is 0. The van der Waals surface area contributed by atoms with Gasteiger partial charge < -0.3 is 4.74 Å². The average Bonchev–Trinajstić information content (AvgIpc) is 3.10. The third-order valence-electron chi connectivity index (χ3n) is 10.9. The van der Waals surface area contributed by atoms with Crippen molar-refractivity contribution >= 4 is 5.97 Å². The van der Waals surface area contributed by atoms with Crippen molar-refractivity contribution in [2.45, 2.75) is 181 Å². The maximum atomic E-state index is 12.4. The topological polar surface area (TPSA) is 26.3 Å². The Morgan fingerprint density at radius 2 is 0.776 bits per heavy atom. The van der Waals surface area contributed by atoms with Gasteiger partial charge >= 0.3 is 5.97 Å². The van der Waals surface area contributed by atoms with E-state index in [1.165, 1.54) is 137 Å². The molecule has 0 fully saturated rings. The predicted molar refractivity (Wildman–Crippen MR) is 212 cm³/mol. The first-order valence-electron chi connectivity index (χ1n) is 20.2. The highest BCUT2D eigenvalue weighted by atomic mass is 16.5. The van der Waals surface area contributed by atoms with Gasteiger partial charge in [-0.15, -0.1) is 0 Å². The molecule has 49 heavy (non-hydrogen) atoms. The molecule has 0 amide bonds. The molecule has 3 rings (SSSR count). The number of carbonyl (C=O) groups excluding carboxylic acids is 1. The molecule has 0 unspecified atom stereocenters. The summed E-state index contributed by atoms with van der Waals surface area (Å²) in [6.45, 7) is 13.7. The number of benzene rings is 3. The monoisotopic (exact) mass is 667 g/mol. The summed E-state index contributed by atoms with van der Waals surface area (Å²) in [7, 11) is 0. The first-order valence-corrected chi connectivity index (χ1v) is 20.2. The van der Waals surface area contributed by atoms with Gasteiger partial charge in [0.25, 0.3) is 0 Å². The first-order chi connectivity index (χ1) is 23.7. The second-order valence-corrected chi connectivity index (χ2v) is 15.7. The summed E-state index contributed by atoms with van der Waals surface area (Å²) < 4.78 is 5.67. The third kappa shape index (κ3) is 14.1. The van der Waals surface area contributed by atoms with Gasteiger partial charge in [-0.1, -0.05) is 205 Å². The number of esters is 1. The van der Waals surface area contributed by atoms with E-state index in [1.807, 2.05) is 12.1 Å². The minimum absolute atomic E-state index is 0.0707. The van der Waals surface area contributed by atoms with Crippen molar-refractivity contribution in [3.05, 3.63) is 101 Å². The van der Waals surface area contributed by atoms with Crippen LogP contribution in [-0.4, -0.2) is 5.97 Å². The molecule has 2 nitrogen and oxygen atoms in total. The summed E-state index contributed by atoms with van der Waals surface area (Å²) in [5.74, 6) is 0.512. The van der Waals surface area contributed by atoms with Crippen LogP contribution in [-0.2, 0) is 22.0 Å². The predicted octanol–water partition coefficient (Wildman–Crippen LogP) is 14.2. The Morgan fingerprint density at radius 3 is 1.18 bits per heavy atom. The lowest BCUT2D eigenvalue weighted by Crippen LogP contribution is -2.21. The Balaban J connectivity index is 1.45. The molecule has 0 aromatic heterocycles. The molecule has 0 saturated heterocycles. The molecule has 0 bridgehead atoms. The molecule has 0 radical (unpaired) electrons. The van der Waals surface area contributed by atoms with Crippen LogP contribution in [0.1, 0.15) is 191 Å². The molecule has 2 heteroatoms. The Morgan fingerprint density at radius 1 is 0.449 bits per heavy atom. The van der Waals surface area contributed by atoms with Crippen molar-refractivity contribution in [3.8, 4) is 5.75 Å². The van der Waals surface area contributed by atoms with Gasteiger partial charge in [0.05, 0.1) is 0 Å². The fraction of sp³-hybridized carbons (Fsp3) is 0.596. The minimum Gasteiger partial charge on any atom is -0.427 e. The summed E-state index contributed by atoms with van der Waals surface area (Å²) in [4.78, 5) is 12.4. The lowest BCUT2D eigenvalue weighted by molar-refractivity contribution is -0.134. The van der Waals surface area contributed by atoms with E-state index in [4.69, 9.17) is 4.74 Å². The van der Waals surface area contributed by atoms with Crippen LogP contribution in [0, 0.1) is 0 Å². The van der Waals surface area contributed by atoms with Gasteiger partial charge in [0.1, 0.15) is 5.75 Å². The number of rotatable bonds is 25. The molecule has 0 spiro atoms. The molecule has 0 aliphatic rings. The van der Waals surface area contributed by atoms with Gasteiger partial charge in [-0.05, 0) is 59.2 Å². The number of aryl methyl sites for hydroxylation is 1. The van der Waals surface area contributed by atoms with E-state index in [1.54, 1.807) is 0 Å². The quantitative estimate of drug-likeness (QED) is 0.0511. The lowest BCUT2D eigenvalue weighted by Gasteiger charge is -2.29. The molecule has 0 saturated carbocycles. The molecular formula is C47H70O2. The smallest absolute Gasteiger partial charge is 0.311 e. The van der Waals surface area contributed by atoms with Crippen LogP contribution in [0.25, 0.3) is 0 Å². The first kappa shape index (κ1) is 40.6. The van der Waals surface area contributed by atoms with Crippen LogP contribution >= 0.6 is 0 Å². The zero-order chi connectivity index (χ0) is 35.4. The van der Waals surface area contributed by atoms with E-state index in [-0.39, 0.29) is 16.8 Å². The normalized spacial score (nSPS) is 12.0. The van der Waals surface area contributed by atoms with E-state index < -0.39 is 0 Å². The Kier molecular flexibility index (Phi) is 18.3. The summed E-state index contributed by atoms with van der Waals surface area (Å²) in [6.07, 6.45) is 25.3. The van der Waals surface area contributed by atoms with Crippen LogP contribution < -0.4 is 4.74 Å². The molecule has 0 atom stereocenters. The highest BCUT2D eigenvalue weighted by molar-refractivity contribution is 5.72. The van der Waals surface area contributed by atoms with Gasteiger partial charge in [0, 0.05) is 17.3 Å². The number of hydrogen-bond donors (Lipinski definition) is 0. The van der Waals surface area contributed by atoms with Crippen molar-refractivity contribution < 1.29 is 9.53 Å². The Bertz CT molecular complexity index is 1300. The van der Waals surface area contributed by atoms with Crippen LogP contribution in [0.5, 0.6) is 5.75 Å². The maximum absolute atomic E-state index is 12.4. The number of unbranched alkanes of at least 4 members (excludes halogenated alkanes) is 16. The van der Waals surface area contributed by atoms with Crippen LogP contribution in [0.15, 0.2) is 72.8 Å². The van der Waals surface area contributed by atoms with Crippen molar-refractivity contribution in [1.29, 1.82) is 0 Å². The van der Waals surface area contributed by atoms with E-state index >= 15 is 0 Å². The lowest BCUT2D eigenvalue weighted by atomic mass is 9.74. The van der Waals surface area contributed by atoms with Gasteiger partial charge in [0.15, 0.2) is 0 Å². The van der Waals surface area contributed by atoms with Crippen molar-refractivity contribution in [3.63, 3.8) is 0 Å². The highest BCUT2D eigenvalue weighted by Crippen LogP contribution is 2.36. The van der Waals surface area contributed by atoms with Crippen molar-refractivity contribution in [2.75, 3.05) is 0 Å². The standard InChI is InChI=1S/C47H70O2/c1-7-9-11-13-15-17-19-21-23-25-39-27-29-40(30-28-39)46(3,4)41-31-33-42(34-32-41)47(5,6)43-35-37-44(38-36-43)49-45(48)26-24-22-20-18-16-14-12-10-8-2/h27-38H,7-26H2,1-6H3. The summed E-state index contributed by atoms with van der Waals surface area (Å²) in [5.41, 5.74) is 6.39. The van der Waals surface area contributed by atoms with Gasteiger partial charge in [0.2, 0.25) is 0 Å². The Hall–Kier alpha value is -2.87. The van der Waals surface area contributed by atoms with E-state index in [9.17, 15) is 4.79 Å². The second-order valence-electron chi connectivity index (χ2n) is 15.7. The van der Waals surface area contributed by atoms with Crippen LogP contribution in [0.3, 0.4) is 0 Å². The molecule has 0 aliphatic heterocycles. The Labute approximate surface area is 301 Å². The SMILES string of the molecule is CCCCCCCCCCCC(=O)Oc1ccc(C(C)(C)c2ccc(C(C)(C)c3ccc(CCCCCCCCCCC)cc3)cc2)cc1. The zero-order valence-electron chi connectivity index (χ0n) is 32.4.